The Morgan fingerprint density at radius 1 is 1.40 bits per heavy atom. The van der Waals surface area contributed by atoms with Crippen LogP contribution >= 0.6 is 0 Å². The maximum absolute atomic E-state index is 2.55. The number of likely N-dealkylation sites (tertiary alicyclic amines) is 1. The molecule has 58 valence electrons. The lowest BCUT2D eigenvalue weighted by molar-refractivity contribution is 0.214. The minimum absolute atomic E-state index is 0.863. The summed E-state index contributed by atoms with van der Waals surface area (Å²) < 4.78 is 0. The van der Waals surface area contributed by atoms with Gasteiger partial charge in [0.1, 0.15) is 0 Å². The summed E-state index contributed by atoms with van der Waals surface area (Å²) in [7, 11) is 2.27. The van der Waals surface area contributed by atoms with E-state index in [9.17, 15) is 0 Å². The van der Waals surface area contributed by atoms with E-state index in [1.165, 1.54) is 13.0 Å². The summed E-state index contributed by atoms with van der Waals surface area (Å²) in [6.07, 6.45) is 1.52. The molecular weight excluding hydrogens is 122 g/mol. The maximum Gasteiger partial charge on any atom is 0.0147 e. The first-order chi connectivity index (χ1) is 4.70. The number of piperidine rings is 1. The highest BCUT2D eigenvalue weighted by atomic mass is 15.2. The minimum Gasteiger partial charge on any atom is -0.303 e. The highest BCUT2D eigenvalue weighted by Crippen LogP contribution is 2.50. The lowest BCUT2D eigenvalue weighted by Crippen LogP contribution is -2.33. The quantitative estimate of drug-likeness (QED) is 0.533. The third kappa shape index (κ3) is 0.800. The van der Waals surface area contributed by atoms with Crippen LogP contribution in [0.1, 0.15) is 20.3 Å². The molecule has 1 unspecified atom stereocenters. The molecule has 1 aliphatic carbocycles. The largest absolute Gasteiger partial charge is 0.303 e. The summed E-state index contributed by atoms with van der Waals surface area (Å²) in [5.41, 5.74) is 0. The molecule has 2 rings (SSSR count). The van der Waals surface area contributed by atoms with E-state index in [-0.39, 0.29) is 0 Å². The predicted octanol–water partition coefficient (Wildman–Crippen LogP) is 1.59. The van der Waals surface area contributed by atoms with Crippen LogP contribution in [0.3, 0.4) is 0 Å². The number of fused-ring (bicyclic) bond motifs is 1. The van der Waals surface area contributed by atoms with Crippen LogP contribution in [0.2, 0.25) is 0 Å². The molecule has 1 nitrogen and oxygen atoms in total. The van der Waals surface area contributed by atoms with Crippen LogP contribution in [0.25, 0.3) is 0 Å². The zero-order valence-electron chi connectivity index (χ0n) is 7.17. The zero-order chi connectivity index (χ0) is 7.30. The average Bonchev–Trinajstić information content (AvgIpc) is 2.42. The Morgan fingerprint density at radius 3 is 2.40 bits per heavy atom. The Hall–Kier alpha value is -0.0400. The summed E-state index contributed by atoms with van der Waals surface area (Å²) in [6.45, 7) is 6.07. The van der Waals surface area contributed by atoms with Gasteiger partial charge in [0.2, 0.25) is 0 Å². The van der Waals surface area contributed by atoms with Crippen LogP contribution in [-0.4, -0.2) is 24.5 Å². The van der Waals surface area contributed by atoms with Crippen LogP contribution in [0.15, 0.2) is 0 Å². The number of hydrogen-bond donors (Lipinski definition) is 0. The number of hydrogen-bond acceptors (Lipinski definition) is 1. The van der Waals surface area contributed by atoms with Gasteiger partial charge in [-0.3, -0.25) is 0 Å². The van der Waals surface area contributed by atoms with Crippen LogP contribution < -0.4 is 0 Å². The van der Waals surface area contributed by atoms with Gasteiger partial charge >= 0.3 is 0 Å². The Bertz CT molecular complexity index is 140. The Morgan fingerprint density at radius 2 is 2.10 bits per heavy atom. The van der Waals surface area contributed by atoms with Crippen molar-refractivity contribution in [2.24, 2.45) is 17.8 Å². The number of nitrogens with zero attached hydrogens (tertiary/aromatic N) is 1. The third-order valence-corrected chi connectivity index (χ3v) is 3.13. The normalized spacial score (nSPS) is 46.2. The average molecular weight is 139 g/mol. The lowest BCUT2D eigenvalue weighted by atomic mass is 10.0. The fraction of sp³-hybridized carbons (Fsp3) is 1.00. The molecule has 1 heteroatoms. The van der Waals surface area contributed by atoms with E-state index in [0.29, 0.717) is 0 Å². The van der Waals surface area contributed by atoms with E-state index < -0.39 is 0 Å². The molecule has 1 aliphatic heterocycles. The Balaban J connectivity index is 2.05. The van der Waals surface area contributed by atoms with Gasteiger partial charge in [-0.25, -0.2) is 0 Å². The van der Waals surface area contributed by atoms with Crippen molar-refractivity contribution in [1.82, 2.24) is 4.90 Å². The van der Waals surface area contributed by atoms with E-state index in [4.69, 9.17) is 0 Å². The van der Waals surface area contributed by atoms with Gasteiger partial charge in [-0.2, -0.15) is 0 Å². The highest BCUT2D eigenvalue weighted by Gasteiger charge is 2.51. The van der Waals surface area contributed by atoms with Crippen molar-refractivity contribution in [3.63, 3.8) is 0 Å². The molecule has 0 amide bonds. The van der Waals surface area contributed by atoms with Gasteiger partial charge < -0.3 is 4.90 Å². The summed E-state index contributed by atoms with van der Waals surface area (Å²) in [4.78, 5) is 2.55. The first kappa shape index (κ1) is 6.66. The van der Waals surface area contributed by atoms with E-state index >= 15 is 0 Å². The molecule has 0 aromatic carbocycles. The SMILES string of the molecule is CC(C)C1[C@H]2C[C@H]2CN1C. The van der Waals surface area contributed by atoms with Crippen molar-refractivity contribution in [2.75, 3.05) is 13.6 Å². The second kappa shape index (κ2) is 1.97. The standard InChI is InChI=1S/C9H17N/c1-6(2)9-8-4-7(8)5-10(9)3/h6-9H,4-5H2,1-3H3/t7-,8-,9?/m0/s1. The molecule has 0 bridgehead atoms. The van der Waals surface area contributed by atoms with Crippen molar-refractivity contribution in [3.8, 4) is 0 Å². The Kier molecular flexibility index (Phi) is 1.31. The Labute approximate surface area is 63.4 Å². The van der Waals surface area contributed by atoms with Crippen LogP contribution in [0.5, 0.6) is 0 Å². The molecule has 2 aliphatic rings. The van der Waals surface area contributed by atoms with Crippen molar-refractivity contribution in [2.45, 2.75) is 26.3 Å². The van der Waals surface area contributed by atoms with Crippen LogP contribution in [0.4, 0.5) is 0 Å². The van der Waals surface area contributed by atoms with Gasteiger partial charge in [0.15, 0.2) is 0 Å². The molecule has 0 N–H and O–H groups in total. The summed E-state index contributed by atoms with van der Waals surface area (Å²) in [5.74, 6) is 3.02. The van der Waals surface area contributed by atoms with Gasteiger partial charge in [0.25, 0.3) is 0 Å². The van der Waals surface area contributed by atoms with Gasteiger partial charge in [0, 0.05) is 12.6 Å². The second-order valence-electron chi connectivity index (χ2n) is 4.33. The predicted molar refractivity (Wildman–Crippen MR) is 42.9 cm³/mol. The molecule has 3 atom stereocenters. The first-order valence-electron chi connectivity index (χ1n) is 4.40. The molecule has 10 heavy (non-hydrogen) atoms. The monoisotopic (exact) mass is 139 g/mol. The third-order valence-electron chi connectivity index (χ3n) is 3.13. The minimum atomic E-state index is 0.863. The molecule has 0 spiro atoms. The van der Waals surface area contributed by atoms with Gasteiger partial charge in [-0.05, 0) is 31.2 Å². The smallest absolute Gasteiger partial charge is 0.0147 e. The topological polar surface area (TPSA) is 3.24 Å². The summed E-state index contributed by atoms with van der Waals surface area (Å²) in [5, 5.41) is 0. The van der Waals surface area contributed by atoms with Crippen molar-refractivity contribution >= 4 is 0 Å². The molecular formula is C9H17N. The van der Waals surface area contributed by atoms with Gasteiger partial charge in [-0.1, -0.05) is 13.8 Å². The van der Waals surface area contributed by atoms with Crippen LogP contribution in [-0.2, 0) is 0 Å². The summed E-state index contributed by atoms with van der Waals surface area (Å²) >= 11 is 0. The second-order valence-corrected chi connectivity index (χ2v) is 4.33. The van der Waals surface area contributed by atoms with E-state index in [1.54, 1.807) is 0 Å². The maximum atomic E-state index is 2.55. The van der Waals surface area contributed by atoms with Crippen molar-refractivity contribution < 1.29 is 0 Å². The molecule has 0 aromatic rings. The first-order valence-corrected chi connectivity index (χ1v) is 4.40. The molecule has 0 aromatic heterocycles. The van der Waals surface area contributed by atoms with Crippen molar-refractivity contribution in [3.05, 3.63) is 0 Å². The fourth-order valence-corrected chi connectivity index (χ4v) is 2.72. The molecule has 1 saturated carbocycles. The molecule has 1 heterocycles. The number of rotatable bonds is 1. The zero-order valence-corrected chi connectivity index (χ0v) is 7.17. The summed E-state index contributed by atoms with van der Waals surface area (Å²) in [6, 6.07) is 0.907. The van der Waals surface area contributed by atoms with Crippen molar-refractivity contribution in [1.29, 1.82) is 0 Å². The van der Waals surface area contributed by atoms with Gasteiger partial charge in [0.05, 0.1) is 0 Å². The van der Waals surface area contributed by atoms with Crippen LogP contribution in [0, 0.1) is 17.8 Å². The lowest BCUT2D eigenvalue weighted by Gasteiger charge is -2.26. The molecule has 2 fully saturated rings. The van der Waals surface area contributed by atoms with E-state index in [2.05, 4.69) is 25.8 Å². The molecule has 1 saturated heterocycles. The highest BCUT2D eigenvalue weighted by molar-refractivity contribution is 5.03. The van der Waals surface area contributed by atoms with E-state index in [1.807, 2.05) is 0 Å². The van der Waals surface area contributed by atoms with E-state index in [0.717, 1.165) is 23.8 Å². The fourth-order valence-electron chi connectivity index (χ4n) is 2.72. The molecule has 0 radical (unpaired) electrons. The van der Waals surface area contributed by atoms with Gasteiger partial charge in [-0.15, -0.1) is 0 Å².